The highest BCUT2D eigenvalue weighted by Gasteiger charge is 2.15. The van der Waals surface area contributed by atoms with Crippen LogP contribution in [0.4, 0.5) is 0 Å². The van der Waals surface area contributed by atoms with Crippen LogP contribution in [0, 0.1) is 5.92 Å². The van der Waals surface area contributed by atoms with E-state index < -0.39 is 0 Å². The van der Waals surface area contributed by atoms with Crippen LogP contribution in [0.25, 0.3) is 0 Å². The SMILES string of the molecule is CCCCN(C)CC1CCNC1.Cl.Cl. The molecule has 1 aliphatic heterocycles. The molecule has 0 saturated carbocycles. The van der Waals surface area contributed by atoms with Crippen molar-refractivity contribution < 1.29 is 0 Å². The van der Waals surface area contributed by atoms with Gasteiger partial charge in [-0.3, -0.25) is 0 Å². The molecule has 1 N–H and O–H groups in total. The fourth-order valence-corrected chi connectivity index (χ4v) is 1.83. The molecule has 2 nitrogen and oxygen atoms in total. The molecule has 0 aromatic rings. The first kappa shape index (κ1) is 16.9. The lowest BCUT2D eigenvalue weighted by Crippen LogP contribution is -2.27. The van der Waals surface area contributed by atoms with Crippen molar-refractivity contribution in [3.05, 3.63) is 0 Å². The van der Waals surface area contributed by atoms with Crippen LogP contribution in [-0.2, 0) is 0 Å². The number of rotatable bonds is 5. The Labute approximate surface area is 101 Å². The van der Waals surface area contributed by atoms with Crippen LogP contribution in [0.3, 0.4) is 0 Å². The lowest BCUT2D eigenvalue weighted by molar-refractivity contribution is 0.281. The van der Waals surface area contributed by atoms with Gasteiger partial charge in [-0.2, -0.15) is 0 Å². The van der Waals surface area contributed by atoms with Crippen molar-refractivity contribution in [3.63, 3.8) is 0 Å². The average Bonchev–Trinajstić information content (AvgIpc) is 2.53. The minimum atomic E-state index is 0. The molecule has 0 aromatic carbocycles. The molecule has 1 unspecified atom stereocenters. The number of nitrogens with zero attached hydrogens (tertiary/aromatic N) is 1. The van der Waals surface area contributed by atoms with E-state index in [1.165, 1.54) is 45.4 Å². The molecular weight excluding hydrogens is 219 g/mol. The summed E-state index contributed by atoms with van der Waals surface area (Å²) in [6, 6.07) is 0. The summed E-state index contributed by atoms with van der Waals surface area (Å²) in [5, 5.41) is 3.41. The van der Waals surface area contributed by atoms with Crippen LogP contribution < -0.4 is 5.32 Å². The summed E-state index contributed by atoms with van der Waals surface area (Å²) < 4.78 is 0. The predicted molar refractivity (Wildman–Crippen MR) is 67.9 cm³/mol. The summed E-state index contributed by atoms with van der Waals surface area (Å²) in [6.07, 6.45) is 4.03. The molecular formula is C10H24Cl2N2. The van der Waals surface area contributed by atoms with E-state index >= 15 is 0 Å². The van der Waals surface area contributed by atoms with Crippen molar-refractivity contribution >= 4 is 24.8 Å². The van der Waals surface area contributed by atoms with Crippen LogP contribution in [0.5, 0.6) is 0 Å². The van der Waals surface area contributed by atoms with E-state index in [0.717, 1.165) is 5.92 Å². The third kappa shape index (κ3) is 6.88. The Hall–Kier alpha value is 0.500. The predicted octanol–water partition coefficient (Wildman–Crippen LogP) is 2.17. The second-order valence-corrected chi connectivity index (χ2v) is 3.97. The zero-order chi connectivity index (χ0) is 8.81. The largest absolute Gasteiger partial charge is 0.316 e. The first-order valence-electron chi connectivity index (χ1n) is 5.22. The maximum Gasteiger partial charge on any atom is 0.00192 e. The van der Waals surface area contributed by atoms with Crippen molar-refractivity contribution in [1.29, 1.82) is 0 Å². The standard InChI is InChI=1S/C10H22N2.2ClH/c1-3-4-7-12(2)9-10-5-6-11-8-10;;/h10-11H,3-9H2,1-2H3;2*1H. The van der Waals surface area contributed by atoms with Gasteiger partial charge >= 0.3 is 0 Å². The lowest BCUT2D eigenvalue weighted by Gasteiger charge is -2.19. The molecule has 1 saturated heterocycles. The van der Waals surface area contributed by atoms with Gasteiger partial charge in [-0.1, -0.05) is 13.3 Å². The molecule has 1 rings (SSSR count). The number of nitrogens with one attached hydrogen (secondary N) is 1. The molecule has 1 fully saturated rings. The molecule has 14 heavy (non-hydrogen) atoms. The molecule has 1 atom stereocenters. The molecule has 0 bridgehead atoms. The Morgan fingerprint density at radius 2 is 2.07 bits per heavy atom. The summed E-state index contributed by atoms with van der Waals surface area (Å²) in [4.78, 5) is 2.47. The molecule has 4 heteroatoms. The minimum absolute atomic E-state index is 0. The van der Waals surface area contributed by atoms with Gasteiger partial charge in [0, 0.05) is 6.54 Å². The highest BCUT2D eigenvalue weighted by atomic mass is 35.5. The van der Waals surface area contributed by atoms with Gasteiger partial charge in [0.25, 0.3) is 0 Å². The van der Waals surface area contributed by atoms with Gasteiger partial charge in [0.1, 0.15) is 0 Å². The molecule has 1 aliphatic rings. The Morgan fingerprint density at radius 1 is 1.36 bits per heavy atom. The second kappa shape index (κ2) is 10.0. The van der Waals surface area contributed by atoms with E-state index in [0.29, 0.717) is 0 Å². The summed E-state index contributed by atoms with van der Waals surface area (Å²) in [5.41, 5.74) is 0. The normalized spacial score (nSPS) is 20.4. The summed E-state index contributed by atoms with van der Waals surface area (Å²) in [6.45, 7) is 7.27. The van der Waals surface area contributed by atoms with Crippen LogP contribution in [0.1, 0.15) is 26.2 Å². The topological polar surface area (TPSA) is 15.3 Å². The summed E-state index contributed by atoms with van der Waals surface area (Å²) >= 11 is 0. The highest BCUT2D eigenvalue weighted by molar-refractivity contribution is 5.85. The Kier molecular flexibility index (Phi) is 12.1. The molecule has 0 aliphatic carbocycles. The monoisotopic (exact) mass is 242 g/mol. The van der Waals surface area contributed by atoms with Crippen LogP contribution >= 0.6 is 24.8 Å². The first-order chi connectivity index (χ1) is 5.83. The van der Waals surface area contributed by atoms with E-state index in [1.54, 1.807) is 0 Å². The van der Waals surface area contributed by atoms with E-state index in [2.05, 4.69) is 24.2 Å². The van der Waals surface area contributed by atoms with Gasteiger partial charge in [-0.25, -0.2) is 0 Å². The van der Waals surface area contributed by atoms with Crippen LogP contribution in [0.2, 0.25) is 0 Å². The first-order valence-corrected chi connectivity index (χ1v) is 5.22. The average molecular weight is 243 g/mol. The zero-order valence-electron chi connectivity index (χ0n) is 9.29. The highest BCUT2D eigenvalue weighted by Crippen LogP contribution is 2.08. The zero-order valence-corrected chi connectivity index (χ0v) is 10.9. The van der Waals surface area contributed by atoms with Crippen LogP contribution in [0.15, 0.2) is 0 Å². The van der Waals surface area contributed by atoms with Crippen molar-refractivity contribution in [1.82, 2.24) is 10.2 Å². The van der Waals surface area contributed by atoms with E-state index in [9.17, 15) is 0 Å². The van der Waals surface area contributed by atoms with Crippen molar-refractivity contribution in [3.8, 4) is 0 Å². The van der Waals surface area contributed by atoms with Gasteiger partial charge in [0.2, 0.25) is 0 Å². The minimum Gasteiger partial charge on any atom is -0.316 e. The van der Waals surface area contributed by atoms with Gasteiger partial charge in [0.05, 0.1) is 0 Å². The molecule has 0 amide bonds. The van der Waals surface area contributed by atoms with E-state index in [-0.39, 0.29) is 24.8 Å². The molecule has 88 valence electrons. The summed E-state index contributed by atoms with van der Waals surface area (Å²) in [7, 11) is 2.24. The Bertz CT molecular complexity index is 117. The van der Waals surface area contributed by atoms with Crippen molar-refractivity contribution in [2.24, 2.45) is 5.92 Å². The fourth-order valence-electron chi connectivity index (χ4n) is 1.83. The van der Waals surface area contributed by atoms with Gasteiger partial charge in [0.15, 0.2) is 0 Å². The fraction of sp³-hybridized carbons (Fsp3) is 1.00. The smallest absolute Gasteiger partial charge is 0.00192 e. The van der Waals surface area contributed by atoms with Crippen LogP contribution in [-0.4, -0.2) is 38.1 Å². The van der Waals surface area contributed by atoms with Crippen molar-refractivity contribution in [2.75, 3.05) is 33.2 Å². The third-order valence-electron chi connectivity index (χ3n) is 2.63. The van der Waals surface area contributed by atoms with Gasteiger partial charge in [-0.05, 0) is 45.4 Å². The molecule has 0 aromatic heterocycles. The quantitative estimate of drug-likeness (QED) is 0.796. The molecule has 1 heterocycles. The third-order valence-corrected chi connectivity index (χ3v) is 2.63. The number of hydrogen-bond donors (Lipinski definition) is 1. The number of halogens is 2. The van der Waals surface area contributed by atoms with Crippen molar-refractivity contribution in [2.45, 2.75) is 26.2 Å². The van der Waals surface area contributed by atoms with Gasteiger partial charge in [-0.15, -0.1) is 24.8 Å². The Balaban J connectivity index is 0. The summed E-state index contributed by atoms with van der Waals surface area (Å²) in [5.74, 6) is 0.909. The molecule has 0 radical (unpaired) electrons. The molecule has 0 spiro atoms. The second-order valence-electron chi connectivity index (χ2n) is 3.97. The number of hydrogen-bond acceptors (Lipinski definition) is 2. The van der Waals surface area contributed by atoms with E-state index in [4.69, 9.17) is 0 Å². The number of unbranched alkanes of at least 4 members (excludes halogenated alkanes) is 1. The maximum absolute atomic E-state index is 3.41. The van der Waals surface area contributed by atoms with Gasteiger partial charge < -0.3 is 10.2 Å². The van der Waals surface area contributed by atoms with E-state index in [1.807, 2.05) is 0 Å². The lowest BCUT2D eigenvalue weighted by atomic mass is 10.1. The Morgan fingerprint density at radius 3 is 2.57 bits per heavy atom. The maximum atomic E-state index is 3.41.